The molecule has 0 aliphatic carbocycles. The first-order valence-corrected chi connectivity index (χ1v) is 5.67. The first-order valence-electron chi connectivity index (χ1n) is 4.88. The van der Waals surface area contributed by atoms with E-state index in [4.69, 9.17) is 0 Å². The van der Waals surface area contributed by atoms with Gasteiger partial charge in [-0.1, -0.05) is 4.63 Å². The van der Waals surface area contributed by atoms with Crippen LogP contribution in [-0.4, -0.2) is 29.7 Å². The predicted molar refractivity (Wildman–Crippen MR) is 61.3 cm³/mol. The van der Waals surface area contributed by atoms with Crippen molar-refractivity contribution < 1.29 is 4.52 Å². The van der Waals surface area contributed by atoms with Crippen LogP contribution in [-0.2, 0) is 0 Å². The Morgan fingerprint density at radius 1 is 1.06 bits per heavy atom. The van der Waals surface area contributed by atoms with Crippen molar-refractivity contribution in [2.24, 2.45) is 0 Å². The molecule has 4 rings (SSSR count). The number of aromatic amines is 1. The molecule has 0 saturated carbocycles. The zero-order chi connectivity index (χ0) is 11.4. The summed E-state index contributed by atoms with van der Waals surface area (Å²) in [6, 6.07) is 0. The standard InChI is InChI=1S/C9H5BrN7/c10-6-5-8(13-3-1-11-5)17-15-7-9(16(6)17)14-4-2-12-7/h1-4H,(H,12,15)/q+1. The molecular weight excluding hydrogens is 286 g/mol. The maximum absolute atomic E-state index is 4.29. The number of hydrogen-bond donors (Lipinski definition) is 1. The Labute approximate surface area is 102 Å². The van der Waals surface area contributed by atoms with E-state index in [1.807, 2.05) is 4.52 Å². The molecule has 0 aliphatic heterocycles. The summed E-state index contributed by atoms with van der Waals surface area (Å²) in [5, 5.41) is 3.12. The maximum Gasteiger partial charge on any atom is 0.347 e. The van der Waals surface area contributed by atoms with Crippen molar-refractivity contribution in [3.05, 3.63) is 29.4 Å². The van der Waals surface area contributed by atoms with Gasteiger partial charge in [0.2, 0.25) is 5.65 Å². The third-order valence-electron chi connectivity index (χ3n) is 2.55. The number of fused-ring (bicyclic) bond motifs is 5. The summed E-state index contributed by atoms with van der Waals surface area (Å²) in [6.07, 6.45) is 6.59. The average Bonchev–Trinajstić information content (AvgIpc) is 2.88. The van der Waals surface area contributed by atoms with Crippen molar-refractivity contribution in [2.45, 2.75) is 0 Å². The van der Waals surface area contributed by atoms with Crippen molar-refractivity contribution in [2.75, 3.05) is 0 Å². The lowest BCUT2D eigenvalue weighted by Crippen LogP contribution is -2.27. The molecule has 0 bridgehead atoms. The number of nitrogens with zero attached hydrogens (tertiary/aromatic N) is 6. The second-order valence-electron chi connectivity index (χ2n) is 3.48. The fourth-order valence-corrected chi connectivity index (χ4v) is 2.48. The monoisotopic (exact) mass is 290 g/mol. The predicted octanol–water partition coefficient (Wildman–Crippen LogP) is 0.502. The lowest BCUT2D eigenvalue weighted by atomic mass is 10.5. The Morgan fingerprint density at radius 3 is 2.76 bits per heavy atom. The van der Waals surface area contributed by atoms with E-state index >= 15 is 0 Å². The topological polar surface area (TPSA) is 75.9 Å². The molecule has 4 aromatic rings. The Kier molecular flexibility index (Phi) is 1.57. The van der Waals surface area contributed by atoms with E-state index in [1.165, 1.54) is 0 Å². The van der Waals surface area contributed by atoms with E-state index in [9.17, 15) is 0 Å². The molecule has 82 valence electrons. The summed E-state index contributed by atoms with van der Waals surface area (Å²) < 4.78 is 4.40. The summed E-state index contributed by atoms with van der Waals surface area (Å²) in [7, 11) is 0. The van der Waals surface area contributed by atoms with Gasteiger partial charge in [0.05, 0.1) is 6.20 Å². The molecule has 0 spiro atoms. The minimum atomic E-state index is 0.695. The molecule has 0 aliphatic rings. The number of nitrogens with one attached hydrogen (secondary N) is 1. The largest absolute Gasteiger partial charge is 0.347 e. The van der Waals surface area contributed by atoms with E-state index in [1.54, 1.807) is 29.4 Å². The fourth-order valence-electron chi connectivity index (χ4n) is 1.87. The van der Waals surface area contributed by atoms with Crippen LogP contribution in [0.25, 0.3) is 22.5 Å². The third kappa shape index (κ3) is 1.02. The quantitative estimate of drug-likeness (QED) is 0.479. The van der Waals surface area contributed by atoms with Gasteiger partial charge in [-0.2, -0.15) is 5.10 Å². The fraction of sp³-hybridized carbons (Fsp3) is 0. The molecule has 8 heteroatoms. The van der Waals surface area contributed by atoms with Gasteiger partial charge >= 0.3 is 5.65 Å². The van der Waals surface area contributed by atoms with Crippen LogP contribution in [0.15, 0.2) is 29.4 Å². The molecule has 0 atom stereocenters. The van der Waals surface area contributed by atoms with E-state index in [2.05, 4.69) is 41.0 Å². The molecule has 4 aromatic heterocycles. The molecular formula is C9H5BrN7+. The van der Waals surface area contributed by atoms with Gasteiger partial charge in [-0.05, 0) is 15.9 Å². The van der Waals surface area contributed by atoms with Gasteiger partial charge in [0, 0.05) is 12.4 Å². The Hall–Kier alpha value is -2.09. The molecule has 0 aromatic carbocycles. The summed E-state index contributed by atoms with van der Waals surface area (Å²) in [6.45, 7) is 0. The van der Waals surface area contributed by atoms with Crippen molar-refractivity contribution in [3.63, 3.8) is 0 Å². The molecule has 0 fully saturated rings. The average molecular weight is 291 g/mol. The van der Waals surface area contributed by atoms with Crippen LogP contribution in [0.4, 0.5) is 0 Å². The second-order valence-corrected chi connectivity index (χ2v) is 4.23. The highest BCUT2D eigenvalue weighted by Gasteiger charge is 2.22. The van der Waals surface area contributed by atoms with E-state index in [0.29, 0.717) is 5.65 Å². The smallest absolute Gasteiger partial charge is 0.247 e. The Morgan fingerprint density at radius 2 is 1.82 bits per heavy atom. The minimum absolute atomic E-state index is 0.695. The van der Waals surface area contributed by atoms with E-state index < -0.39 is 0 Å². The van der Waals surface area contributed by atoms with Gasteiger partial charge in [0.25, 0.3) is 5.65 Å². The number of rotatable bonds is 0. The molecule has 0 amide bonds. The second kappa shape index (κ2) is 2.98. The molecule has 17 heavy (non-hydrogen) atoms. The van der Waals surface area contributed by atoms with Gasteiger partial charge in [-0.3, -0.25) is 0 Å². The van der Waals surface area contributed by atoms with Gasteiger partial charge in [0.15, 0.2) is 10.1 Å². The summed E-state index contributed by atoms with van der Waals surface area (Å²) in [5.74, 6) is 0. The SMILES string of the molecule is Brc1c2nccnc2n2[nH]c3nccnc3[n+]12. The molecule has 7 nitrogen and oxygen atoms in total. The summed E-state index contributed by atoms with van der Waals surface area (Å²) in [5.41, 5.74) is 2.91. The van der Waals surface area contributed by atoms with Crippen molar-refractivity contribution in [1.82, 2.24) is 29.7 Å². The number of halogens is 1. The lowest BCUT2D eigenvalue weighted by Gasteiger charge is -1.83. The van der Waals surface area contributed by atoms with Crippen molar-refractivity contribution >= 4 is 38.4 Å². The molecule has 0 unspecified atom stereocenters. The van der Waals surface area contributed by atoms with Crippen LogP contribution in [0.3, 0.4) is 0 Å². The summed E-state index contributed by atoms with van der Waals surface area (Å²) >= 11 is 3.50. The Bertz CT molecular complexity index is 856. The lowest BCUT2D eigenvalue weighted by molar-refractivity contribution is -0.603. The van der Waals surface area contributed by atoms with Crippen LogP contribution in [0.5, 0.6) is 0 Å². The zero-order valence-corrected chi connectivity index (χ0v) is 9.96. The minimum Gasteiger partial charge on any atom is -0.247 e. The van der Waals surface area contributed by atoms with Gasteiger partial charge in [0.1, 0.15) is 6.20 Å². The van der Waals surface area contributed by atoms with E-state index in [0.717, 1.165) is 21.4 Å². The molecule has 1 N–H and O–H groups in total. The maximum atomic E-state index is 4.29. The van der Waals surface area contributed by atoms with Crippen molar-refractivity contribution in [3.8, 4) is 0 Å². The number of H-pyrrole nitrogens is 1. The van der Waals surface area contributed by atoms with Crippen LogP contribution in [0.1, 0.15) is 0 Å². The van der Waals surface area contributed by atoms with E-state index in [-0.39, 0.29) is 0 Å². The van der Waals surface area contributed by atoms with Crippen LogP contribution < -0.4 is 4.52 Å². The highest BCUT2D eigenvalue weighted by Crippen LogP contribution is 2.17. The van der Waals surface area contributed by atoms with Gasteiger partial charge < -0.3 is 0 Å². The highest BCUT2D eigenvalue weighted by atomic mass is 79.9. The third-order valence-corrected chi connectivity index (χ3v) is 3.26. The first kappa shape index (κ1) is 8.99. The van der Waals surface area contributed by atoms with Crippen molar-refractivity contribution in [1.29, 1.82) is 0 Å². The molecule has 0 radical (unpaired) electrons. The van der Waals surface area contributed by atoms with Crippen LogP contribution in [0.2, 0.25) is 0 Å². The number of hydrogen-bond acceptors (Lipinski definition) is 4. The summed E-state index contributed by atoms with van der Waals surface area (Å²) in [4.78, 5) is 17.1. The van der Waals surface area contributed by atoms with Gasteiger partial charge in [-0.25, -0.2) is 15.0 Å². The molecule has 4 heterocycles. The number of aromatic nitrogens is 7. The zero-order valence-electron chi connectivity index (χ0n) is 8.37. The molecule has 0 saturated heterocycles. The highest BCUT2D eigenvalue weighted by molar-refractivity contribution is 9.10. The van der Waals surface area contributed by atoms with Crippen LogP contribution in [0, 0.1) is 0 Å². The normalized spacial score (nSPS) is 11.8. The van der Waals surface area contributed by atoms with Gasteiger partial charge in [-0.15, -0.1) is 9.50 Å². The first-order chi connectivity index (χ1) is 8.36. The Balaban J connectivity index is 2.40. The van der Waals surface area contributed by atoms with Crippen LogP contribution >= 0.6 is 15.9 Å².